The Bertz CT molecular complexity index is 1190. The summed E-state index contributed by atoms with van der Waals surface area (Å²) in [5.41, 5.74) is 4.47. The Kier molecular flexibility index (Phi) is 5.80. The van der Waals surface area contributed by atoms with Gasteiger partial charge in [-0.1, -0.05) is 59.3 Å². The van der Waals surface area contributed by atoms with Crippen molar-refractivity contribution in [3.8, 4) is 11.3 Å². The average Bonchev–Trinajstić information content (AvgIpc) is 3.08. The van der Waals surface area contributed by atoms with Crippen molar-refractivity contribution in [2.75, 3.05) is 11.1 Å². The molecule has 0 atom stereocenters. The first-order chi connectivity index (χ1) is 14.0. The lowest BCUT2D eigenvalue weighted by Crippen LogP contribution is -2.14. The van der Waals surface area contributed by atoms with Crippen molar-refractivity contribution in [1.29, 1.82) is 0 Å². The summed E-state index contributed by atoms with van der Waals surface area (Å²) in [7, 11) is 0. The van der Waals surface area contributed by atoms with Crippen LogP contribution in [-0.4, -0.2) is 26.8 Å². The highest BCUT2D eigenvalue weighted by Crippen LogP contribution is 2.35. The molecule has 0 unspecified atom stereocenters. The molecule has 1 N–H and O–H groups in total. The van der Waals surface area contributed by atoms with E-state index >= 15 is 0 Å². The minimum absolute atomic E-state index is 0.137. The average molecular weight is 441 g/mol. The Morgan fingerprint density at radius 3 is 2.69 bits per heavy atom. The number of hydrogen-bond donors (Lipinski definition) is 1. The molecule has 0 spiro atoms. The number of carbonyl (C=O) groups is 1. The van der Waals surface area contributed by atoms with Gasteiger partial charge in [0.2, 0.25) is 5.91 Å². The minimum Gasteiger partial charge on any atom is -0.325 e. The van der Waals surface area contributed by atoms with Gasteiger partial charge in [0, 0.05) is 16.3 Å². The fourth-order valence-corrected chi connectivity index (χ4v) is 4.72. The molecule has 0 saturated carbocycles. The molecule has 0 aliphatic heterocycles. The zero-order valence-electron chi connectivity index (χ0n) is 15.8. The largest absolute Gasteiger partial charge is 0.325 e. The van der Waals surface area contributed by atoms with Crippen LogP contribution in [0.1, 0.15) is 10.6 Å². The smallest absolute Gasteiger partial charge is 0.234 e. The Morgan fingerprint density at radius 1 is 1.14 bits per heavy atom. The molecule has 2 aromatic heterocycles. The molecule has 0 radical (unpaired) electrons. The quantitative estimate of drug-likeness (QED) is 0.400. The molecule has 146 valence electrons. The van der Waals surface area contributed by atoms with Crippen LogP contribution in [0.4, 0.5) is 5.69 Å². The summed E-state index contributed by atoms with van der Waals surface area (Å²) in [5.74, 6) is 0.0679. The number of benzene rings is 2. The van der Waals surface area contributed by atoms with Gasteiger partial charge in [0.05, 0.1) is 15.5 Å². The Labute approximate surface area is 181 Å². The van der Waals surface area contributed by atoms with Gasteiger partial charge in [-0.05, 0) is 32.0 Å². The third-order valence-electron chi connectivity index (χ3n) is 4.17. The van der Waals surface area contributed by atoms with Crippen LogP contribution in [0, 0.1) is 13.8 Å². The zero-order chi connectivity index (χ0) is 20.4. The highest BCUT2D eigenvalue weighted by molar-refractivity contribution is 8.00. The van der Waals surface area contributed by atoms with Crippen LogP contribution in [0.5, 0.6) is 0 Å². The monoisotopic (exact) mass is 440 g/mol. The highest BCUT2D eigenvalue weighted by Gasteiger charge is 2.17. The topological polar surface area (TPSA) is 67.8 Å². The first-order valence-electron chi connectivity index (χ1n) is 8.88. The molecule has 0 bridgehead atoms. The molecule has 0 aliphatic rings. The van der Waals surface area contributed by atoms with Crippen molar-refractivity contribution in [2.24, 2.45) is 0 Å². The van der Waals surface area contributed by atoms with Crippen LogP contribution in [0.2, 0.25) is 5.02 Å². The van der Waals surface area contributed by atoms with Gasteiger partial charge in [0.15, 0.2) is 0 Å². The standard InChI is InChI=1S/C21H17ClN4OS2/c1-12-6-8-14(9-7-12)18-20-19(23-13(2)29-20)21(26-25-18)28-11-17(27)24-16-5-3-4-15(22)10-16/h3-10H,11H2,1-2H3,(H,24,27). The second-order valence-electron chi connectivity index (χ2n) is 6.48. The number of aryl methyl sites for hydroxylation is 2. The Balaban J connectivity index is 1.56. The van der Waals surface area contributed by atoms with Gasteiger partial charge in [0.25, 0.3) is 0 Å². The SMILES string of the molecule is Cc1ccc(-c2nnc(SCC(=O)Nc3cccc(Cl)c3)c3nc(C)sc23)cc1. The van der Waals surface area contributed by atoms with Gasteiger partial charge in [-0.3, -0.25) is 4.79 Å². The molecule has 4 aromatic rings. The summed E-state index contributed by atoms with van der Waals surface area (Å²) in [6.07, 6.45) is 0. The first-order valence-corrected chi connectivity index (χ1v) is 11.1. The van der Waals surface area contributed by atoms with Crippen molar-refractivity contribution in [2.45, 2.75) is 18.9 Å². The molecule has 0 fully saturated rings. The van der Waals surface area contributed by atoms with Crippen LogP contribution in [-0.2, 0) is 4.79 Å². The maximum Gasteiger partial charge on any atom is 0.234 e. The highest BCUT2D eigenvalue weighted by atomic mass is 35.5. The number of amides is 1. The second kappa shape index (κ2) is 8.49. The van der Waals surface area contributed by atoms with E-state index in [1.807, 2.05) is 19.1 Å². The number of rotatable bonds is 5. The van der Waals surface area contributed by atoms with Gasteiger partial charge in [-0.25, -0.2) is 4.98 Å². The van der Waals surface area contributed by atoms with Gasteiger partial charge in [-0.2, -0.15) is 0 Å². The van der Waals surface area contributed by atoms with E-state index < -0.39 is 0 Å². The fraction of sp³-hybridized carbons (Fsp3) is 0.143. The summed E-state index contributed by atoms with van der Waals surface area (Å²) in [5, 5.41) is 13.8. The van der Waals surface area contributed by atoms with E-state index in [2.05, 4.69) is 39.6 Å². The molecule has 0 saturated heterocycles. The lowest BCUT2D eigenvalue weighted by molar-refractivity contribution is -0.113. The number of nitrogens with one attached hydrogen (secondary N) is 1. The molecular weight excluding hydrogens is 424 g/mol. The summed E-state index contributed by atoms with van der Waals surface area (Å²) >= 11 is 8.88. The Morgan fingerprint density at radius 2 is 1.93 bits per heavy atom. The number of thioether (sulfide) groups is 1. The molecule has 2 aromatic carbocycles. The second-order valence-corrected chi connectivity index (χ2v) is 9.08. The van der Waals surface area contributed by atoms with Crippen LogP contribution in [0.25, 0.3) is 21.5 Å². The van der Waals surface area contributed by atoms with Gasteiger partial charge < -0.3 is 5.32 Å². The van der Waals surface area contributed by atoms with Gasteiger partial charge in [0.1, 0.15) is 16.2 Å². The van der Waals surface area contributed by atoms with Crippen LogP contribution in [0.15, 0.2) is 53.6 Å². The summed E-state index contributed by atoms with van der Waals surface area (Å²) in [4.78, 5) is 17.0. The lowest BCUT2D eigenvalue weighted by Gasteiger charge is -2.07. The molecule has 4 rings (SSSR count). The van der Waals surface area contributed by atoms with E-state index in [1.165, 1.54) is 17.3 Å². The summed E-state index contributed by atoms with van der Waals surface area (Å²) in [6, 6.07) is 15.3. The van der Waals surface area contributed by atoms with E-state index in [0.29, 0.717) is 15.7 Å². The Hall–Kier alpha value is -2.48. The summed E-state index contributed by atoms with van der Waals surface area (Å²) in [6.45, 7) is 4.01. The third kappa shape index (κ3) is 4.58. The maximum atomic E-state index is 12.3. The number of halogens is 1. The molecule has 2 heterocycles. The molecule has 5 nitrogen and oxygen atoms in total. The normalized spacial score (nSPS) is 11.0. The van der Waals surface area contributed by atoms with Gasteiger partial charge >= 0.3 is 0 Å². The van der Waals surface area contributed by atoms with Crippen molar-refractivity contribution in [1.82, 2.24) is 15.2 Å². The zero-order valence-corrected chi connectivity index (χ0v) is 18.2. The number of hydrogen-bond acceptors (Lipinski definition) is 6. The van der Waals surface area contributed by atoms with Crippen molar-refractivity contribution < 1.29 is 4.79 Å². The van der Waals surface area contributed by atoms with Crippen LogP contribution in [0.3, 0.4) is 0 Å². The van der Waals surface area contributed by atoms with Crippen molar-refractivity contribution in [3.63, 3.8) is 0 Å². The number of anilines is 1. The van der Waals surface area contributed by atoms with E-state index in [0.717, 1.165) is 26.5 Å². The van der Waals surface area contributed by atoms with E-state index in [1.54, 1.807) is 35.6 Å². The molecule has 1 amide bonds. The first kappa shape index (κ1) is 19.8. The molecular formula is C21H17ClN4OS2. The molecule has 0 aliphatic carbocycles. The predicted molar refractivity (Wildman–Crippen MR) is 121 cm³/mol. The van der Waals surface area contributed by atoms with Crippen molar-refractivity contribution in [3.05, 3.63) is 64.1 Å². The lowest BCUT2D eigenvalue weighted by atomic mass is 10.1. The summed E-state index contributed by atoms with van der Waals surface area (Å²) < 4.78 is 0.985. The van der Waals surface area contributed by atoms with E-state index in [9.17, 15) is 4.79 Å². The number of fused-ring (bicyclic) bond motifs is 1. The number of thiazole rings is 1. The van der Waals surface area contributed by atoms with Gasteiger partial charge in [-0.15, -0.1) is 21.5 Å². The van der Waals surface area contributed by atoms with Crippen molar-refractivity contribution >= 4 is 56.5 Å². The number of aromatic nitrogens is 3. The fourth-order valence-electron chi connectivity index (χ4n) is 2.82. The van der Waals surface area contributed by atoms with Crippen LogP contribution >= 0.6 is 34.7 Å². The minimum atomic E-state index is -0.137. The van der Waals surface area contributed by atoms with Crippen LogP contribution < -0.4 is 5.32 Å². The maximum absolute atomic E-state index is 12.3. The number of nitrogens with zero attached hydrogens (tertiary/aromatic N) is 3. The van der Waals surface area contributed by atoms with E-state index in [-0.39, 0.29) is 11.7 Å². The molecule has 8 heteroatoms. The third-order valence-corrected chi connectivity index (χ3v) is 6.33. The molecule has 29 heavy (non-hydrogen) atoms. The number of carbonyl (C=O) groups excluding carboxylic acids is 1. The predicted octanol–water partition coefficient (Wildman–Crippen LogP) is 5.75. The van der Waals surface area contributed by atoms with E-state index in [4.69, 9.17) is 11.6 Å².